The van der Waals surface area contributed by atoms with Gasteiger partial charge in [0, 0.05) is 20.0 Å². The number of halogens is 3. The van der Waals surface area contributed by atoms with E-state index in [-0.39, 0.29) is 18.9 Å². The Balaban J connectivity index is 2.14. The number of amides is 1. The van der Waals surface area contributed by atoms with Gasteiger partial charge >= 0.3 is 6.18 Å². The predicted octanol–water partition coefficient (Wildman–Crippen LogP) is 3.95. The van der Waals surface area contributed by atoms with Crippen molar-refractivity contribution in [2.75, 3.05) is 20.2 Å². The van der Waals surface area contributed by atoms with Crippen LogP contribution in [-0.2, 0) is 4.79 Å². The molecular weight excluding hydrogens is 295 g/mol. The second kappa shape index (κ2) is 8.66. The number of unbranched alkanes of at least 4 members (excludes halogenated alkanes) is 1. The first kappa shape index (κ1) is 18.3. The molecule has 3 nitrogen and oxygen atoms in total. The maximum absolute atomic E-state index is 12.1. The van der Waals surface area contributed by atoms with E-state index in [2.05, 4.69) is 0 Å². The summed E-state index contributed by atoms with van der Waals surface area (Å²) in [5.41, 5.74) is 1.11. The van der Waals surface area contributed by atoms with Crippen molar-refractivity contribution >= 4 is 5.91 Å². The monoisotopic (exact) mass is 317 g/mol. The Hall–Kier alpha value is -1.72. The standard InChI is InChI=1S/C16H22F3NO2/c1-13-6-5-7-14(12-13)22-11-4-3-8-15(21)20(2)10-9-16(17,18)19/h5-7,12H,3-4,8-11H2,1-2H3. The Morgan fingerprint density at radius 3 is 2.64 bits per heavy atom. The minimum absolute atomic E-state index is 0.242. The van der Waals surface area contributed by atoms with E-state index in [0.717, 1.165) is 16.2 Å². The van der Waals surface area contributed by atoms with Crippen molar-refractivity contribution in [1.29, 1.82) is 0 Å². The van der Waals surface area contributed by atoms with Gasteiger partial charge in [-0.2, -0.15) is 13.2 Å². The van der Waals surface area contributed by atoms with E-state index < -0.39 is 12.6 Å². The molecule has 0 radical (unpaired) electrons. The average Bonchev–Trinajstić information content (AvgIpc) is 2.43. The molecule has 0 aliphatic rings. The number of rotatable bonds is 8. The highest BCUT2D eigenvalue weighted by atomic mass is 19.4. The molecule has 0 aliphatic carbocycles. The number of carbonyl (C=O) groups is 1. The number of ether oxygens (including phenoxy) is 1. The number of hydrogen-bond donors (Lipinski definition) is 0. The first-order valence-electron chi connectivity index (χ1n) is 7.28. The highest BCUT2D eigenvalue weighted by Crippen LogP contribution is 2.19. The first-order chi connectivity index (χ1) is 10.3. The fourth-order valence-corrected chi connectivity index (χ4v) is 1.88. The SMILES string of the molecule is Cc1cccc(OCCCCC(=O)N(C)CCC(F)(F)F)c1. The second-order valence-electron chi connectivity index (χ2n) is 5.30. The second-order valence-corrected chi connectivity index (χ2v) is 5.30. The zero-order valence-corrected chi connectivity index (χ0v) is 12.9. The molecule has 22 heavy (non-hydrogen) atoms. The van der Waals surface area contributed by atoms with Crippen LogP contribution in [0.3, 0.4) is 0 Å². The summed E-state index contributed by atoms with van der Waals surface area (Å²) >= 11 is 0. The summed E-state index contributed by atoms with van der Waals surface area (Å²) in [6.07, 6.45) is -3.67. The summed E-state index contributed by atoms with van der Waals surface area (Å²) in [6.45, 7) is 2.17. The maximum atomic E-state index is 12.1. The summed E-state index contributed by atoms with van der Waals surface area (Å²) in [4.78, 5) is 12.8. The highest BCUT2D eigenvalue weighted by molar-refractivity contribution is 5.75. The van der Waals surface area contributed by atoms with Crippen LogP contribution < -0.4 is 4.74 Å². The Morgan fingerprint density at radius 2 is 2.00 bits per heavy atom. The van der Waals surface area contributed by atoms with Crippen molar-refractivity contribution in [3.63, 3.8) is 0 Å². The Labute approximate surface area is 129 Å². The van der Waals surface area contributed by atoms with Crippen molar-refractivity contribution in [3.8, 4) is 5.75 Å². The van der Waals surface area contributed by atoms with Crippen LogP contribution in [0.2, 0.25) is 0 Å². The number of carbonyl (C=O) groups excluding carboxylic acids is 1. The molecular formula is C16H22F3NO2. The van der Waals surface area contributed by atoms with Gasteiger partial charge < -0.3 is 9.64 Å². The van der Waals surface area contributed by atoms with Crippen LogP contribution >= 0.6 is 0 Å². The number of benzene rings is 1. The van der Waals surface area contributed by atoms with Gasteiger partial charge in [0.25, 0.3) is 0 Å². The predicted molar refractivity (Wildman–Crippen MR) is 78.8 cm³/mol. The summed E-state index contributed by atoms with van der Waals surface area (Å²) in [5, 5.41) is 0. The van der Waals surface area contributed by atoms with Crippen LogP contribution in [0.15, 0.2) is 24.3 Å². The molecule has 0 heterocycles. The Bertz CT molecular complexity index is 475. The normalized spacial score (nSPS) is 11.3. The number of nitrogens with zero attached hydrogens (tertiary/aromatic N) is 1. The lowest BCUT2D eigenvalue weighted by Crippen LogP contribution is -2.30. The molecule has 1 aromatic carbocycles. The van der Waals surface area contributed by atoms with Crippen molar-refractivity contribution in [3.05, 3.63) is 29.8 Å². The molecule has 0 unspecified atom stereocenters. The van der Waals surface area contributed by atoms with Gasteiger partial charge in [-0.3, -0.25) is 4.79 Å². The van der Waals surface area contributed by atoms with Crippen LogP contribution in [0.4, 0.5) is 13.2 Å². The van der Waals surface area contributed by atoms with Crippen LogP contribution in [0.25, 0.3) is 0 Å². The minimum atomic E-state index is -4.23. The van der Waals surface area contributed by atoms with Crippen LogP contribution in [0.5, 0.6) is 5.75 Å². The molecule has 0 saturated carbocycles. The van der Waals surface area contributed by atoms with Gasteiger partial charge in [-0.25, -0.2) is 0 Å². The molecule has 1 aromatic rings. The molecule has 1 amide bonds. The fraction of sp³-hybridized carbons (Fsp3) is 0.562. The summed E-state index contributed by atoms with van der Waals surface area (Å²) < 4.78 is 41.7. The van der Waals surface area contributed by atoms with Crippen molar-refractivity contribution in [2.24, 2.45) is 0 Å². The highest BCUT2D eigenvalue weighted by Gasteiger charge is 2.27. The maximum Gasteiger partial charge on any atom is 0.390 e. The van der Waals surface area contributed by atoms with Gasteiger partial charge in [0.15, 0.2) is 0 Å². The topological polar surface area (TPSA) is 29.5 Å². The molecule has 0 atom stereocenters. The summed E-state index contributed by atoms with van der Waals surface area (Å²) in [5.74, 6) is 0.522. The summed E-state index contributed by atoms with van der Waals surface area (Å²) in [6, 6.07) is 7.67. The number of alkyl halides is 3. The van der Waals surface area contributed by atoms with E-state index >= 15 is 0 Å². The van der Waals surface area contributed by atoms with Crippen molar-refractivity contribution in [2.45, 2.75) is 38.8 Å². The quantitative estimate of drug-likeness (QED) is 0.679. The Morgan fingerprint density at radius 1 is 1.27 bits per heavy atom. The van der Waals surface area contributed by atoms with E-state index in [0.29, 0.717) is 19.4 Å². The molecule has 6 heteroatoms. The molecule has 0 saturated heterocycles. The fourth-order valence-electron chi connectivity index (χ4n) is 1.88. The number of hydrogen-bond acceptors (Lipinski definition) is 2. The Kier molecular flexibility index (Phi) is 7.21. The molecule has 0 fully saturated rings. The van der Waals surface area contributed by atoms with Gasteiger partial charge in [-0.05, 0) is 37.5 Å². The third-order valence-corrected chi connectivity index (χ3v) is 3.20. The zero-order chi connectivity index (χ0) is 16.6. The van der Waals surface area contributed by atoms with Gasteiger partial charge in [0.2, 0.25) is 5.91 Å². The average molecular weight is 317 g/mol. The van der Waals surface area contributed by atoms with E-state index in [9.17, 15) is 18.0 Å². The van der Waals surface area contributed by atoms with Crippen LogP contribution in [-0.4, -0.2) is 37.2 Å². The van der Waals surface area contributed by atoms with Gasteiger partial charge in [0.1, 0.15) is 5.75 Å². The van der Waals surface area contributed by atoms with Gasteiger partial charge in [-0.1, -0.05) is 12.1 Å². The lowest BCUT2D eigenvalue weighted by atomic mass is 10.2. The van der Waals surface area contributed by atoms with Crippen molar-refractivity contribution < 1.29 is 22.7 Å². The third kappa shape index (κ3) is 7.90. The molecule has 0 bridgehead atoms. The molecule has 1 rings (SSSR count). The minimum Gasteiger partial charge on any atom is -0.494 e. The lowest BCUT2D eigenvalue weighted by molar-refractivity contribution is -0.144. The van der Waals surface area contributed by atoms with E-state index in [4.69, 9.17) is 4.74 Å². The van der Waals surface area contributed by atoms with Crippen LogP contribution in [0.1, 0.15) is 31.2 Å². The molecule has 124 valence electrons. The van der Waals surface area contributed by atoms with E-state index in [1.165, 1.54) is 7.05 Å². The van der Waals surface area contributed by atoms with Gasteiger partial charge in [0.05, 0.1) is 13.0 Å². The molecule has 0 spiro atoms. The van der Waals surface area contributed by atoms with E-state index in [1.807, 2.05) is 31.2 Å². The molecule has 0 aromatic heterocycles. The first-order valence-corrected chi connectivity index (χ1v) is 7.28. The third-order valence-electron chi connectivity index (χ3n) is 3.20. The smallest absolute Gasteiger partial charge is 0.390 e. The summed E-state index contributed by atoms with van der Waals surface area (Å²) in [7, 11) is 1.40. The lowest BCUT2D eigenvalue weighted by Gasteiger charge is -2.18. The molecule has 0 aliphatic heterocycles. The van der Waals surface area contributed by atoms with Crippen LogP contribution in [0, 0.1) is 6.92 Å². The largest absolute Gasteiger partial charge is 0.494 e. The van der Waals surface area contributed by atoms with Crippen molar-refractivity contribution in [1.82, 2.24) is 4.90 Å². The molecule has 0 N–H and O–H groups in total. The number of aryl methyl sites for hydroxylation is 1. The van der Waals surface area contributed by atoms with Gasteiger partial charge in [-0.15, -0.1) is 0 Å². The van der Waals surface area contributed by atoms with E-state index in [1.54, 1.807) is 0 Å². The zero-order valence-electron chi connectivity index (χ0n) is 12.9.